The van der Waals surface area contributed by atoms with Crippen molar-refractivity contribution in [3.05, 3.63) is 11.9 Å². The molecule has 4 N–H and O–H groups in total. The van der Waals surface area contributed by atoms with Crippen LogP contribution in [0.15, 0.2) is 6.07 Å². The van der Waals surface area contributed by atoms with E-state index < -0.39 is 0 Å². The van der Waals surface area contributed by atoms with Crippen molar-refractivity contribution in [1.29, 1.82) is 0 Å². The van der Waals surface area contributed by atoms with E-state index in [9.17, 15) is 0 Å². The molecule has 1 atom stereocenters. The molecule has 18 heavy (non-hydrogen) atoms. The van der Waals surface area contributed by atoms with Gasteiger partial charge < -0.3 is 10.7 Å². The van der Waals surface area contributed by atoms with Gasteiger partial charge >= 0.3 is 0 Å². The Morgan fingerprint density at radius 2 is 1.89 bits per heavy atom. The van der Waals surface area contributed by atoms with Gasteiger partial charge in [0.2, 0.25) is 0 Å². The van der Waals surface area contributed by atoms with E-state index in [1.54, 1.807) is 0 Å². The number of aryl methyl sites for hydroxylation is 1. The minimum absolute atomic E-state index is 0.173. The maximum Gasteiger partial charge on any atom is 0.145 e. The molecule has 0 amide bonds. The largest absolute Gasteiger partial charge is 0.367 e. The molecule has 5 nitrogen and oxygen atoms in total. The molecular formula is C13H25N5. The van der Waals surface area contributed by atoms with E-state index in [0.29, 0.717) is 11.9 Å². The van der Waals surface area contributed by atoms with E-state index in [4.69, 9.17) is 5.84 Å². The lowest BCUT2D eigenvalue weighted by molar-refractivity contribution is 0.358. The lowest BCUT2D eigenvalue weighted by atomic mass is 9.88. The Morgan fingerprint density at radius 1 is 1.28 bits per heavy atom. The SMILES string of the molecule is CCCc1nc(NN)cc(NC(C)C(C)(C)C)n1. The number of hydrazine groups is 1. The number of aromatic nitrogens is 2. The summed E-state index contributed by atoms with van der Waals surface area (Å²) < 4.78 is 0. The number of nitrogens with one attached hydrogen (secondary N) is 2. The highest BCUT2D eigenvalue weighted by Gasteiger charge is 2.20. The fourth-order valence-electron chi connectivity index (χ4n) is 1.42. The zero-order chi connectivity index (χ0) is 13.8. The van der Waals surface area contributed by atoms with Crippen LogP contribution in [0.5, 0.6) is 0 Å². The minimum atomic E-state index is 0.173. The highest BCUT2D eigenvalue weighted by Crippen LogP contribution is 2.22. The Balaban J connectivity index is 2.90. The van der Waals surface area contributed by atoms with Crippen LogP contribution in [0.4, 0.5) is 11.6 Å². The Kier molecular flexibility index (Phi) is 4.90. The van der Waals surface area contributed by atoms with E-state index in [1.165, 1.54) is 0 Å². The molecule has 1 heterocycles. The molecule has 1 aromatic rings. The number of nitrogens with two attached hydrogens (primary N) is 1. The summed E-state index contributed by atoms with van der Waals surface area (Å²) in [5, 5.41) is 3.41. The summed E-state index contributed by atoms with van der Waals surface area (Å²) in [7, 11) is 0. The van der Waals surface area contributed by atoms with Crippen molar-refractivity contribution in [2.24, 2.45) is 11.3 Å². The maximum absolute atomic E-state index is 5.43. The highest BCUT2D eigenvalue weighted by atomic mass is 15.3. The molecule has 1 rings (SSSR count). The van der Waals surface area contributed by atoms with Crippen molar-refractivity contribution >= 4 is 11.6 Å². The third-order valence-electron chi connectivity index (χ3n) is 3.06. The third kappa shape index (κ3) is 4.14. The molecule has 5 heteroatoms. The van der Waals surface area contributed by atoms with Crippen molar-refractivity contribution in [3.8, 4) is 0 Å². The molecule has 0 bridgehead atoms. The number of anilines is 2. The maximum atomic E-state index is 5.43. The average molecular weight is 251 g/mol. The van der Waals surface area contributed by atoms with Crippen molar-refractivity contribution in [2.75, 3.05) is 10.7 Å². The molecular weight excluding hydrogens is 226 g/mol. The van der Waals surface area contributed by atoms with Gasteiger partial charge in [0.05, 0.1) is 0 Å². The first kappa shape index (κ1) is 14.7. The Morgan fingerprint density at radius 3 is 2.39 bits per heavy atom. The molecule has 0 radical (unpaired) electrons. The first-order valence-electron chi connectivity index (χ1n) is 6.48. The molecule has 102 valence electrons. The van der Waals surface area contributed by atoms with Gasteiger partial charge in [-0.2, -0.15) is 0 Å². The van der Waals surface area contributed by atoms with Crippen LogP contribution in [0, 0.1) is 5.41 Å². The van der Waals surface area contributed by atoms with Gasteiger partial charge in [0.1, 0.15) is 17.5 Å². The summed E-state index contributed by atoms with van der Waals surface area (Å²) in [5.74, 6) is 7.72. The van der Waals surface area contributed by atoms with Gasteiger partial charge in [0.15, 0.2) is 0 Å². The highest BCUT2D eigenvalue weighted by molar-refractivity contribution is 5.47. The second-order valence-electron chi connectivity index (χ2n) is 5.68. The topological polar surface area (TPSA) is 75.9 Å². The third-order valence-corrected chi connectivity index (χ3v) is 3.06. The van der Waals surface area contributed by atoms with Crippen LogP contribution < -0.4 is 16.6 Å². The summed E-state index contributed by atoms with van der Waals surface area (Å²) in [6.07, 6.45) is 1.87. The molecule has 0 aliphatic carbocycles. The van der Waals surface area contributed by atoms with Crippen molar-refractivity contribution < 1.29 is 0 Å². The van der Waals surface area contributed by atoms with Gasteiger partial charge in [-0.05, 0) is 18.8 Å². The molecule has 0 aliphatic heterocycles. The Hall–Kier alpha value is -1.36. The standard InChI is InChI=1S/C13H25N5/c1-6-7-10-16-11(8-12(17-10)18-14)15-9(2)13(3,4)5/h8-9H,6-7,14H2,1-5H3,(H2,15,16,17,18). The van der Waals surface area contributed by atoms with Crippen LogP contribution in [0.2, 0.25) is 0 Å². The Bertz CT molecular complexity index is 383. The fourth-order valence-corrected chi connectivity index (χ4v) is 1.42. The number of rotatable bonds is 5. The van der Waals surface area contributed by atoms with Gasteiger partial charge in [-0.3, -0.25) is 0 Å². The summed E-state index contributed by atoms with van der Waals surface area (Å²) >= 11 is 0. The van der Waals surface area contributed by atoms with Gasteiger partial charge in [-0.25, -0.2) is 15.8 Å². The summed E-state index contributed by atoms with van der Waals surface area (Å²) in [4.78, 5) is 8.83. The summed E-state index contributed by atoms with van der Waals surface area (Å²) in [5.41, 5.74) is 2.76. The molecule has 0 saturated carbocycles. The van der Waals surface area contributed by atoms with Gasteiger partial charge in [-0.15, -0.1) is 0 Å². The van der Waals surface area contributed by atoms with Crippen molar-refractivity contribution in [2.45, 2.75) is 53.5 Å². The van der Waals surface area contributed by atoms with Crippen LogP contribution in [-0.2, 0) is 6.42 Å². The van der Waals surface area contributed by atoms with Crippen LogP contribution in [-0.4, -0.2) is 16.0 Å². The number of hydrogen-bond donors (Lipinski definition) is 3. The van der Waals surface area contributed by atoms with E-state index >= 15 is 0 Å². The molecule has 0 spiro atoms. The molecule has 0 aromatic carbocycles. The molecule has 1 aromatic heterocycles. The molecule has 0 saturated heterocycles. The normalized spacial score (nSPS) is 13.2. The zero-order valence-electron chi connectivity index (χ0n) is 12.0. The van der Waals surface area contributed by atoms with Crippen LogP contribution in [0.1, 0.15) is 46.9 Å². The van der Waals surface area contributed by atoms with Gasteiger partial charge in [0.25, 0.3) is 0 Å². The van der Waals surface area contributed by atoms with Gasteiger partial charge in [-0.1, -0.05) is 27.7 Å². The van der Waals surface area contributed by atoms with Crippen LogP contribution in [0.25, 0.3) is 0 Å². The lowest BCUT2D eigenvalue weighted by Gasteiger charge is -2.28. The minimum Gasteiger partial charge on any atom is -0.367 e. The van der Waals surface area contributed by atoms with E-state index in [2.05, 4.69) is 55.3 Å². The number of hydrogen-bond acceptors (Lipinski definition) is 5. The van der Waals surface area contributed by atoms with Crippen LogP contribution >= 0.6 is 0 Å². The second kappa shape index (κ2) is 6.00. The summed E-state index contributed by atoms with van der Waals surface area (Å²) in [6, 6.07) is 2.15. The van der Waals surface area contributed by atoms with Crippen molar-refractivity contribution in [1.82, 2.24) is 9.97 Å². The smallest absolute Gasteiger partial charge is 0.145 e. The number of nitrogen functional groups attached to an aromatic ring is 1. The lowest BCUT2D eigenvalue weighted by Crippen LogP contribution is -2.31. The number of nitrogens with zero attached hydrogens (tertiary/aromatic N) is 2. The van der Waals surface area contributed by atoms with Crippen molar-refractivity contribution in [3.63, 3.8) is 0 Å². The molecule has 0 aliphatic rings. The summed E-state index contributed by atoms with van der Waals surface area (Å²) in [6.45, 7) is 10.8. The predicted molar refractivity (Wildman–Crippen MR) is 76.4 cm³/mol. The predicted octanol–water partition coefficient (Wildman–Crippen LogP) is 2.56. The Labute approximate surface area is 110 Å². The zero-order valence-corrected chi connectivity index (χ0v) is 12.0. The molecule has 0 fully saturated rings. The monoisotopic (exact) mass is 251 g/mol. The van der Waals surface area contributed by atoms with Crippen LogP contribution in [0.3, 0.4) is 0 Å². The van der Waals surface area contributed by atoms with Gasteiger partial charge in [0, 0.05) is 18.5 Å². The quantitative estimate of drug-likeness (QED) is 0.554. The molecule has 1 unspecified atom stereocenters. The van der Waals surface area contributed by atoms with E-state index in [0.717, 1.165) is 24.5 Å². The first-order valence-corrected chi connectivity index (χ1v) is 6.48. The first-order chi connectivity index (χ1) is 8.36. The fraction of sp³-hybridized carbons (Fsp3) is 0.692. The second-order valence-corrected chi connectivity index (χ2v) is 5.68. The van der Waals surface area contributed by atoms with E-state index in [1.807, 2.05) is 6.07 Å². The average Bonchev–Trinajstić information content (AvgIpc) is 2.27. The van der Waals surface area contributed by atoms with E-state index in [-0.39, 0.29) is 5.41 Å².